The number of aliphatic hydroxyl groups is 1. The van der Waals surface area contributed by atoms with Crippen LogP contribution in [-0.4, -0.2) is 60.8 Å². The van der Waals surface area contributed by atoms with E-state index in [1.54, 1.807) is 0 Å². The molecule has 4 unspecified atom stereocenters. The van der Waals surface area contributed by atoms with Gasteiger partial charge in [0, 0.05) is 11.8 Å². The quantitative estimate of drug-likeness (QED) is 0.765. The zero-order chi connectivity index (χ0) is 19.5. The minimum Gasteiger partial charge on any atom is -0.467 e. The second-order valence-corrected chi connectivity index (χ2v) is 8.44. The summed E-state index contributed by atoms with van der Waals surface area (Å²) >= 11 is 0. The minimum absolute atomic E-state index is 0.214. The Morgan fingerprint density at radius 2 is 1.77 bits per heavy atom. The van der Waals surface area contributed by atoms with E-state index in [1.807, 2.05) is 20.8 Å². The van der Waals surface area contributed by atoms with Crippen LogP contribution in [0.3, 0.4) is 0 Å². The SMILES string of the molecule is COC(=O)C1C(CC(O)C2CCCCC2)OC(C(C)(C)C)N1C(=O)OC. The summed E-state index contributed by atoms with van der Waals surface area (Å²) in [6.07, 6.45) is 3.26. The number of hydrogen-bond acceptors (Lipinski definition) is 6. The first-order valence-corrected chi connectivity index (χ1v) is 9.48. The molecule has 1 amide bonds. The van der Waals surface area contributed by atoms with Gasteiger partial charge in [-0.25, -0.2) is 9.59 Å². The van der Waals surface area contributed by atoms with Gasteiger partial charge in [0.25, 0.3) is 0 Å². The maximum atomic E-state index is 12.5. The average molecular weight is 371 g/mol. The van der Waals surface area contributed by atoms with Gasteiger partial charge in [-0.1, -0.05) is 40.0 Å². The summed E-state index contributed by atoms with van der Waals surface area (Å²) < 4.78 is 15.9. The molecular formula is C19H33NO6. The predicted octanol–water partition coefficient (Wildman–Crippen LogP) is 2.70. The zero-order valence-corrected chi connectivity index (χ0v) is 16.6. The zero-order valence-electron chi connectivity index (χ0n) is 16.6. The molecule has 26 heavy (non-hydrogen) atoms. The third kappa shape index (κ3) is 4.49. The van der Waals surface area contributed by atoms with Gasteiger partial charge in [-0.3, -0.25) is 4.90 Å². The van der Waals surface area contributed by atoms with Crippen molar-refractivity contribution in [2.75, 3.05) is 14.2 Å². The van der Waals surface area contributed by atoms with Crippen molar-refractivity contribution in [2.45, 2.75) is 83.8 Å². The molecule has 0 aromatic rings. The van der Waals surface area contributed by atoms with Crippen LogP contribution >= 0.6 is 0 Å². The average Bonchev–Trinajstić information content (AvgIpc) is 3.00. The summed E-state index contributed by atoms with van der Waals surface area (Å²) in [4.78, 5) is 26.2. The van der Waals surface area contributed by atoms with E-state index in [9.17, 15) is 14.7 Å². The summed E-state index contributed by atoms with van der Waals surface area (Å²) in [6.45, 7) is 5.80. The molecule has 0 aromatic heterocycles. The Labute approximate surface area is 156 Å². The molecule has 1 aliphatic heterocycles. The fourth-order valence-corrected chi connectivity index (χ4v) is 4.09. The van der Waals surface area contributed by atoms with Crippen LogP contribution in [0.5, 0.6) is 0 Å². The van der Waals surface area contributed by atoms with E-state index >= 15 is 0 Å². The predicted molar refractivity (Wildman–Crippen MR) is 95.4 cm³/mol. The van der Waals surface area contributed by atoms with Crippen LogP contribution in [0, 0.1) is 11.3 Å². The number of amides is 1. The molecule has 2 fully saturated rings. The van der Waals surface area contributed by atoms with Crippen molar-refractivity contribution in [3.63, 3.8) is 0 Å². The molecule has 1 heterocycles. The maximum absolute atomic E-state index is 12.5. The van der Waals surface area contributed by atoms with Gasteiger partial charge in [0.1, 0.15) is 6.23 Å². The van der Waals surface area contributed by atoms with Crippen molar-refractivity contribution in [3.05, 3.63) is 0 Å². The van der Waals surface area contributed by atoms with E-state index in [2.05, 4.69) is 0 Å². The molecule has 2 rings (SSSR count). The van der Waals surface area contributed by atoms with E-state index in [1.165, 1.54) is 25.5 Å². The fraction of sp³-hybridized carbons (Fsp3) is 0.895. The Hall–Kier alpha value is -1.34. The second kappa shape index (κ2) is 8.57. The van der Waals surface area contributed by atoms with Gasteiger partial charge in [-0.05, 0) is 18.8 Å². The van der Waals surface area contributed by atoms with E-state index in [0.717, 1.165) is 25.7 Å². The first-order valence-electron chi connectivity index (χ1n) is 9.48. The molecule has 1 saturated carbocycles. The van der Waals surface area contributed by atoms with Crippen molar-refractivity contribution < 1.29 is 28.9 Å². The van der Waals surface area contributed by atoms with Crippen molar-refractivity contribution >= 4 is 12.1 Å². The fourth-order valence-electron chi connectivity index (χ4n) is 4.09. The minimum atomic E-state index is -0.921. The van der Waals surface area contributed by atoms with Gasteiger partial charge in [0.15, 0.2) is 6.04 Å². The van der Waals surface area contributed by atoms with E-state index in [-0.39, 0.29) is 5.92 Å². The number of ether oxygens (including phenoxy) is 3. The lowest BCUT2D eigenvalue weighted by Crippen LogP contribution is -2.51. The third-order valence-electron chi connectivity index (χ3n) is 5.44. The molecule has 1 N–H and O–H groups in total. The molecular weight excluding hydrogens is 338 g/mol. The Bertz CT molecular complexity index is 497. The van der Waals surface area contributed by atoms with Crippen LogP contribution in [0.25, 0.3) is 0 Å². The van der Waals surface area contributed by atoms with E-state index < -0.39 is 42.0 Å². The normalized spacial score (nSPS) is 28.7. The van der Waals surface area contributed by atoms with Gasteiger partial charge in [-0.2, -0.15) is 0 Å². The van der Waals surface area contributed by atoms with E-state index in [4.69, 9.17) is 14.2 Å². The lowest BCUT2D eigenvalue weighted by molar-refractivity contribution is -0.146. The first kappa shape index (κ1) is 21.0. The van der Waals surface area contributed by atoms with E-state index in [0.29, 0.717) is 6.42 Å². The molecule has 0 radical (unpaired) electrons. The Kier molecular flexibility index (Phi) is 6.91. The molecule has 1 saturated heterocycles. The van der Waals surface area contributed by atoms with Crippen molar-refractivity contribution in [1.82, 2.24) is 4.90 Å². The molecule has 4 atom stereocenters. The number of rotatable bonds is 4. The Morgan fingerprint density at radius 1 is 1.15 bits per heavy atom. The molecule has 2 aliphatic rings. The molecule has 0 aromatic carbocycles. The van der Waals surface area contributed by atoms with Crippen molar-refractivity contribution in [3.8, 4) is 0 Å². The number of carbonyl (C=O) groups is 2. The standard InChI is InChI=1S/C19H33NO6/c1-19(2,3)17-20(18(23)25-5)15(16(22)24-4)14(26-17)11-13(21)12-9-7-6-8-10-12/h12-15,17,21H,6-11H2,1-5H3. The molecule has 7 nitrogen and oxygen atoms in total. The van der Waals surface area contributed by atoms with Crippen LogP contribution in [0.15, 0.2) is 0 Å². The molecule has 150 valence electrons. The number of hydrogen-bond donors (Lipinski definition) is 1. The molecule has 7 heteroatoms. The lowest BCUT2D eigenvalue weighted by Gasteiger charge is -2.33. The van der Waals surface area contributed by atoms with Crippen molar-refractivity contribution in [1.29, 1.82) is 0 Å². The summed E-state index contributed by atoms with van der Waals surface area (Å²) in [5, 5.41) is 10.7. The Morgan fingerprint density at radius 3 is 2.27 bits per heavy atom. The highest BCUT2D eigenvalue weighted by atomic mass is 16.6. The van der Waals surface area contributed by atoms with Crippen LogP contribution < -0.4 is 0 Å². The monoisotopic (exact) mass is 371 g/mol. The Balaban J connectivity index is 2.24. The largest absolute Gasteiger partial charge is 0.467 e. The number of aliphatic hydroxyl groups excluding tert-OH is 1. The van der Waals surface area contributed by atoms with Crippen LogP contribution in [0.1, 0.15) is 59.3 Å². The maximum Gasteiger partial charge on any atom is 0.412 e. The van der Waals surface area contributed by atoms with Gasteiger partial charge < -0.3 is 19.3 Å². The molecule has 0 bridgehead atoms. The number of esters is 1. The summed E-state index contributed by atoms with van der Waals surface area (Å²) in [7, 11) is 2.57. The smallest absolute Gasteiger partial charge is 0.412 e. The molecule has 0 spiro atoms. The van der Waals surface area contributed by atoms with Crippen molar-refractivity contribution in [2.24, 2.45) is 11.3 Å². The van der Waals surface area contributed by atoms with Crippen LogP contribution in [-0.2, 0) is 19.0 Å². The van der Waals surface area contributed by atoms with Crippen LogP contribution in [0.2, 0.25) is 0 Å². The number of carbonyl (C=O) groups excluding carboxylic acids is 2. The second-order valence-electron chi connectivity index (χ2n) is 8.44. The highest BCUT2D eigenvalue weighted by Gasteiger charge is 2.54. The van der Waals surface area contributed by atoms with Gasteiger partial charge >= 0.3 is 12.1 Å². The van der Waals surface area contributed by atoms with Crippen LogP contribution in [0.4, 0.5) is 4.79 Å². The van der Waals surface area contributed by atoms with Gasteiger partial charge in [0.05, 0.1) is 26.4 Å². The number of nitrogens with zero attached hydrogens (tertiary/aromatic N) is 1. The summed E-state index contributed by atoms with van der Waals surface area (Å²) in [6, 6.07) is -0.921. The summed E-state index contributed by atoms with van der Waals surface area (Å²) in [5.41, 5.74) is -0.426. The topological polar surface area (TPSA) is 85.3 Å². The lowest BCUT2D eigenvalue weighted by atomic mass is 9.83. The molecule has 1 aliphatic carbocycles. The highest BCUT2D eigenvalue weighted by Crippen LogP contribution is 2.39. The van der Waals surface area contributed by atoms with Gasteiger partial charge in [-0.15, -0.1) is 0 Å². The summed E-state index contributed by atoms with van der Waals surface area (Å²) in [5.74, 6) is -0.339. The highest BCUT2D eigenvalue weighted by molar-refractivity contribution is 5.82. The first-order chi connectivity index (χ1) is 12.2. The number of methoxy groups -OCH3 is 2. The third-order valence-corrected chi connectivity index (χ3v) is 5.44. The van der Waals surface area contributed by atoms with Gasteiger partial charge in [0.2, 0.25) is 0 Å².